The highest BCUT2D eigenvalue weighted by atomic mass is 32.1. The molecule has 30 heteroatoms. The van der Waals surface area contributed by atoms with Crippen LogP contribution in [0, 0.1) is 24.7 Å². The molecule has 1 fully saturated rings. The molecule has 9 aromatic heterocycles. The number of carbonyl (C=O) groups is 3. The van der Waals surface area contributed by atoms with Crippen molar-refractivity contribution in [1.29, 1.82) is 0 Å². The van der Waals surface area contributed by atoms with E-state index >= 15 is 0 Å². The van der Waals surface area contributed by atoms with Crippen LogP contribution in [0.4, 0.5) is 23.5 Å². The topological polar surface area (TPSA) is 248 Å². The zero-order valence-electron chi connectivity index (χ0n) is 53.4. The SMILES string of the molecule is COC[C@H]1CCCN1c1nc2n(n1)CCC(CC(=O)c1c(-c3nc(C(F)F)cs3)cnn1C)C2.Cc1csc(-c2cnn(C)c2C(=O)CC2CCn3nc(-c4ccccc4)nc3C2)n1.Cn1ncc(-c2nc(C(F)F)cs2)c1C(=O)CC1CCn2nc(-c3ccccc3)nc2C1. The van der Waals surface area contributed by atoms with Gasteiger partial charge in [0.25, 0.3) is 12.9 Å². The quantitative estimate of drug-likeness (QED) is 0.0539. The minimum atomic E-state index is -2.64. The number of methoxy groups -OCH3 is 1. The molecule has 0 saturated carbocycles. The predicted octanol–water partition coefficient (Wildman–Crippen LogP) is 12.0. The predicted molar refractivity (Wildman–Crippen MR) is 353 cm³/mol. The van der Waals surface area contributed by atoms with Crippen LogP contribution in [-0.2, 0) is 64.8 Å². The summed E-state index contributed by atoms with van der Waals surface area (Å²) in [6, 6.07) is 20.1. The van der Waals surface area contributed by atoms with Crippen LogP contribution in [0.3, 0.4) is 0 Å². The fourth-order valence-electron chi connectivity index (χ4n) is 13.0. The molecule has 0 radical (unpaired) electrons. The highest BCUT2D eigenvalue weighted by Crippen LogP contribution is 2.37. The van der Waals surface area contributed by atoms with Crippen LogP contribution < -0.4 is 4.90 Å². The zero-order valence-corrected chi connectivity index (χ0v) is 55.8. The first-order valence-corrected chi connectivity index (χ1v) is 34.4. The second-order valence-corrected chi connectivity index (χ2v) is 27.1. The lowest BCUT2D eigenvalue weighted by atomic mass is 9.91. The minimum Gasteiger partial charge on any atom is -0.383 e. The largest absolute Gasteiger partial charge is 0.383 e. The number of halogens is 4. The summed E-state index contributed by atoms with van der Waals surface area (Å²) < 4.78 is 67.7. The summed E-state index contributed by atoms with van der Waals surface area (Å²) in [5, 5.41) is 32.9. The van der Waals surface area contributed by atoms with Gasteiger partial charge in [0.05, 0.1) is 47.9 Å². The lowest BCUT2D eigenvalue weighted by Crippen LogP contribution is -2.33. The second kappa shape index (κ2) is 28.7. The van der Waals surface area contributed by atoms with E-state index in [9.17, 15) is 31.9 Å². The Bertz CT molecular complexity index is 4540. The maximum atomic E-state index is 13.3. The summed E-state index contributed by atoms with van der Waals surface area (Å²) >= 11 is 3.74. The van der Waals surface area contributed by atoms with Gasteiger partial charge in [0, 0.05) is 126 Å². The second-order valence-electron chi connectivity index (χ2n) is 24.5. The molecule has 3 unspecified atom stereocenters. The Balaban J connectivity index is 0.000000130. The van der Waals surface area contributed by atoms with E-state index in [4.69, 9.17) is 19.8 Å². The third-order valence-electron chi connectivity index (χ3n) is 17.8. The molecule has 23 nitrogen and oxygen atoms in total. The number of aryl methyl sites for hydroxylation is 7. The first-order valence-electron chi connectivity index (χ1n) is 31.8. The van der Waals surface area contributed by atoms with Gasteiger partial charge in [-0.15, -0.1) is 39.1 Å². The standard InChI is InChI=1S/C22H27F2N7O2S.C22H20F2N6OS.C22H22N6OS/c1-29-19(15(10-25-29)21-26-16(12-34-21)20(23)24)17(32)8-13-5-7-31-18(9-13)27-22(28-31)30-6-3-4-14(30)11-33-2;1-29-19(15(11-25-29)22-26-16(12-32-22)20(23)24)17(31)9-13-7-8-30-18(10-13)27-21(28-30)14-5-3-2-4-6-14;1-14-13-30-22(24-14)17-12-23-27(2)20(17)18(29)10-15-8-9-28-19(11-15)25-21(26-28)16-6-4-3-5-7-16/h10,12-14,20H,3-9,11H2,1-2H3;2-6,11-13,20H,7-10H2,1H3;3-7,12-13,15H,8-11H2,1-2H3/t13?,14-;;/m1../s1. The van der Waals surface area contributed by atoms with Crippen LogP contribution in [-0.4, -0.2) is 132 Å². The Labute approximate surface area is 561 Å². The smallest absolute Gasteiger partial charge is 0.281 e. The van der Waals surface area contributed by atoms with Crippen LogP contribution in [0.5, 0.6) is 0 Å². The van der Waals surface area contributed by atoms with Crippen LogP contribution in [0.1, 0.15) is 130 Å². The number of thiazole rings is 3. The molecule has 0 bridgehead atoms. The van der Waals surface area contributed by atoms with Crippen LogP contribution in [0.15, 0.2) is 95.4 Å². The van der Waals surface area contributed by atoms with E-state index in [0.717, 1.165) is 131 Å². The number of rotatable bonds is 19. The molecule has 498 valence electrons. The van der Waals surface area contributed by atoms with Gasteiger partial charge < -0.3 is 9.64 Å². The lowest BCUT2D eigenvalue weighted by Gasteiger charge is -2.22. The van der Waals surface area contributed by atoms with E-state index in [-0.39, 0.29) is 46.5 Å². The number of nitrogens with zero attached hydrogens (tertiary/aromatic N) is 19. The first-order chi connectivity index (χ1) is 46.5. The van der Waals surface area contributed by atoms with E-state index in [1.165, 1.54) is 32.5 Å². The molecule has 96 heavy (non-hydrogen) atoms. The number of Topliss-reactive ketones (excluding diaryl/α,β-unsaturated/α-hetero) is 3. The lowest BCUT2D eigenvalue weighted by molar-refractivity contribution is 0.0935. The number of hydrogen-bond donors (Lipinski definition) is 0. The van der Waals surface area contributed by atoms with Crippen LogP contribution in [0.25, 0.3) is 54.5 Å². The Morgan fingerprint density at radius 3 is 1.32 bits per heavy atom. The molecule has 2 aromatic carbocycles. The molecular formula is C66H69F4N19O4S3. The summed E-state index contributed by atoms with van der Waals surface area (Å²) in [6.45, 7) is 5.75. The average Bonchev–Trinajstić information content (AvgIpc) is 1.68. The number of aromatic nitrogens is 18. The Kier molecular flexibility index (Phi) is 19.6. The molecule has 0 spiro atoms. The molecule has 11 aromatic rings. The van der Waals surface area contributed by atoms with E-state index in [2.05, 4.69) is 50.3 Å². The van der Waals surface area contributed by atoms with E-state index in [0.29, 0.717) is 102 Å². The van der Waals surface area contributed by atoms with E-state index < -0.39 is 12.9 Å². The number of anilines is 1. The number of fused-ring (bicyclic) bond motifs is 3. The van der Waals surface area contributed by atoms with Crippen LogP contribution in [0.2, 0.25) is 0 Å². The fraction of sp³-hybridized carbons (Fsp3) is 0.409. The van der Waals surface area contributed by atoms with Gasteiger partial charge in [0.1, 0.15) is 61.0 Å². The number of ketones is 3. The highest BCUT2D eigenvalue weighted by Gasteiger charge is 2.34. The van der Waals surface area contributed by atoms with Gasteiger partial charge in [-0.2, -0.15) is 30.5 Å². The molecule has 0 aliphatic carbocycles. The minimum absolute atomic E-state index is 0.0679. The van der Waals surface area contributed by atoms with Gasteiger partial charge in [0.2, 0.25) is 5.95 Å². The molecule has 4 atom stereocenters. The maximum absolute atomic E-state index is 13.3. The number of benzene rings is 2. The molecule has 1 saturated heterocycles. The molecule has 0 N–H and O–H groups in total. The van der Waals surface area contributed by atoms with Crippen molar-refractivity contribution < 1.29 is 36.7 Å². The van der Waals surface area contributed by atoms with Crippen molar-refractivity contribution in [3.8, 4) is 54.5 Å². The van der Waals surface area contributed by atoms with Crippen molar-refractivity contribution in [1.82, 2.24) is 88.6 Å². The van der Waals surface area contributed by atoms with E-state index in [1.807, 2.05) is 94.1 Å². The Hall–Kier alpha value is -9.13. The monoisotopic (exact) mass is 1360 g/mol. The normalized spacial score (nSPS) is 17.4. The molecule has 15 rings (SSSR count). The summed E-state index contributed by atoms with van der Waals surface area (Å²) in [6.07, 6.45) is 7.44. The van der Waals surface area contributed by atoms with Crippen molar-refractivity contribution >= 4 is 57.3 Å². The molecule has 0 amide bonds. The van der Waals surface area contributed by atoms with Crippen molar-refractivity contribution in [3.05, 3.63) is 147 Å². The van der Waals surface area contributed by atoms with Gasteiger partial charge in [-0.1, -0.05) is 60.7 Å². The van der Waals surface area contributed by atoms with Crippen molar-refractivity contribution in [2.24, 2.45) is 38.9 Å². The van der Waals surface area contributed by atoms with Gasteiger partial charge in [0.15, 0.2) is 29.0 Å². The van der Waals surface area contributed by atoms with Gasteiger partial charge >= 0.3 is 0 Å². The van der Waals surface area contributed by atoms with Gasteiger partial charge in [-0.3, -0.25) is 28.4 Å². The Morgan fingerprint density at radius 1 is 0.521 bits per heavy atom. The third-order valence-corrected chi connectivity index (χ3v) is 20.6. The van der Waals surface area contributed by atoms with E-state index in [1.54, 1.807) is 43.4 Å². The number of alkyl halides is 4. The number of ether oxygens (including phenoxy) is 1. The van der Waals surface area contributed by atoms with Crippen molar-refractivity contribution in [2.75, 3.05) is 25.2 Å². The zero-order chi connectivity index (χ0) is 66.7. The maximum Gasteiger partial charge on any atom is 0.281 e. The molecule has 13 heterocycles. The van der Waals surface area contributed by atoms with Crippen molar-refractivity contribution in [3.63, 3.8) is 0 Å². The van der Waals surface area contributed by atoms with Crippen molar-refractivity contribution in [2.45, 2.75) is 116 Å². The van der Waals surface area contributed by atoms with Gasteiger partial charge in [-0.25, -0.2) is 56.5 Å². The summed E-state index contributed by atoms with van der Waals surface area (Å²) in [4.78, 5) is 68.6. The summed E-state index contributed by atoms with van der Waals surface area (Å²) in [5.74, 6) is 5.39. The molecule has 4 aliphatic heterocycles. The number of hydrogen-bond acceptors (Lipinski definition) is 20. The van der Waals surface area contributed by atoms with Crippen LogP contribution >= 0.6 is 34.0 Å². The fourth-order valence-corrected chi connectivity index (χ4v) is 15.4. The molecule has 4 aliphatic rings. The Morgan fingerprint density at radius 2 is 0.927 bits per heavy atom. The third kappa shape index (κ3) is 14.2. The summed E-state index contributed by atoms with van der Waals surface area (Å²) in [7, 11) is 6.90. The molecular weight excluding hydrogens is 1300 g/mol. The average molecular weight is 1360 g/mol. The summed E-state index contributed by atoms with van der Waals surface area (Å²) in [5.41, 5.74) is 5.65. The number of carbonyl (C=O) groups excluding carboxylic acids is 3. The first kappa shape index (κ1) is 65.5. The van der Waals surface area contributed by atoms with Gasteiger partial charge in [-0.05, 0) is 56.8 Å². The highest BCUT2D eigenvalue weighted by molar-refractivity contribution is 7.13.